The summed E-state index contributed by atoms with van der Waals surface area (Å²) in [7, 11) is 3.38. The zero-order valence-corrected chi connectivity index (χ0v) is 19.3. The number of pyridine rings is 1. The molecule has 2 aliphatic rings. The number of ether oxygens (including phenoxy) is 1. The minimum Gasteiger partial charge on any atom is -0.497 e. The number of likely N-dealkylation sites (tertiary alicyclic amines) is 1. The Balaban J connectivity index is 1.36. The fourth-order valence-corrected chi connectivity index (χ4v) is 5.37. The highest BCUT2D eigenvalue weighted by molar-refractivity contribution is 5.94. The topological polar surface area (TPSA) is 63.6 Å². The van der Waals surface area contributed by atoms with Gasteiger partial charge in [-0.15, -0.1) is 0 Å². The molecule has 172 valence electrons. The van der Waals surface area contributed by atoms with Gasteiger partial charge in [-0.05, 0) is 49.4 Å². The monoisotopic (exact) mass is 437 g/mol. The van der Waals surface area contributed by atoms with Crippen LogP contribution in [0, 0.1) is 0 Å². The second kappa shape index (κ2) is 9.90. The number of hydrogen-bond donors (Lipinski definition) is 1. The normalized spacial score (nSPS) is 19.4. The number of aryl methyl sites for hydroxylation is 1. The molecule has 0 radical (unpaired) electrons. The number of nitrogens with one attached hydrogen (secondary N) is 1. The Morgan fingerprint density at radius 3 is 2.38 bits per heavy atom. The molecular weight excluding hydrogens is 402 g/mol. The molecule has 0 unspecified atom stereocenters. The van der Waals surface area contributed by atoms with Gasteiger partial charge < -0.3 is 19.5 Å². The van der Waals surface area contributed by atoms with E-state index in [0.717, 1.165) is 38.2 Å². The van der Waals surface area contributed by atoms with Crippen LogP contribution in [0.3, 0.4) is 0 Å². The fraction of sp³-hybridized carbons (Fsp3) is 0.538. The van der Waals surface area contributed by atoms with E-state index in [1.807, 2.05) is 0 Å². The fourth-order valence-electron chi connectivity index (χ4n) is 5.37. The van der Waals surface area contributed by atoms with Crippen molar-refractivity contribution >= 4 is 5.91 Å². The summed E-state index contributed by atoms with van der Waals surface area (Å²) in [6, 6.07) is 11.9. The molecule has 2 heterocycles. The first kappa shape index (κ1) is 22.6. The second-order valence-electron chi connectivity index (χ2n) is 9.46. The molecule has 6 nitrogen and oxygen atoms in total. The van der Waals surface area contributed by atoms with E-state index in [2.05, 4.69) is 34.5 Å². The summed E-state index contributed by atoms with van der Waals surface area (Å²) in [6.07, 6.45) is 9.90. The highest BCUT2D eigenvalue weighted by atomic mass is 16.5. The lowest BCUT2D eigenvalue weighted by atomic mass is 9.69. The van der Waals surface area contributed by atoms with Crippen molar-refractivity contribution in [3.63, 3.8) is 0 Å². The van der Waals surface area contributed by atoms with Gasteiger partial charge in [0, 0.05) is 50.4 Å². The van der Waals surface area contributed by atoms with Crippen molar-refractivity contribution in [1.82, 2.24) is 14.8 Å². The van der Waals surface area contributed by atoms with Crippen LogP contribution < -0.4 is 15.6 Å². The Morgan fingerprint density at radius 2 is 1.75 bits per heavy atom. The van der Waals surface area contributed by atoms with E-state index in [1.54, 1.807) is 26.4 Å². The lowest BCUT2D eigenvalue weighted by Gasteiger charge is -2.44. The Kier molecular flexibility index (Phi) is 6.99. The first-order valence-electron chi connectivity index (χ1n) is 11.8. The third kappa shape index (κ3) is 5.07. The van der Waals surface area contributed by atoms with E-state index in [9.17, 15) is 9.59 Å². The van der Waals surface area contributed by atoms with E-state index in [0.29, 0.717) is 5.56 Å². The number of carbonyl (C=O) groups is 1. The van der Waals surface area contributed by atoms with Gasteiger partial charge in [0.2, 0.25) is 5.56 Å². The van der Waals surface area contributed by atoms with Crippen LogP contribution in [0.1, 0.15) is 60.9 Å². The Hall–Kier alpha value is -2.60. The Bertz CT molecular complexity index is 969. The van der Waals surface area contributed by atoms with Gasteiger partial charge in [-0.3, -0.25) is 9.59 Å². The SMILES string of the molecule is COc1ccc(C2(CN3CCC(NC(=O)c4ccc(=O)n(C)c4)CC3)CCCCC2)cc1. The number of hydrogen-bond acceptors (Lipinski definition) is 4. The highest BCUT2D eigenvalue weighted by Gasteiger charge is 2.36. The minimum atomic E-state index is -0.108. The zero-order chi connectivity index (χ0) is 22.6. The molecule has 1 amide bonds. The molecule has 1 saturated carbocycles. The van der Waals surface area contributed by atoms with Gasteiger partial charge in [-0.1, -0.05) is 31.4 Å². The molecule has 32 heavy (non-hydrogen) atoms. The maximum atomic E-state index is 12.6. The van der Waals surface area contributed by atoms with E-state index in [4.69, 9.17) is 4.74 Å². The minimum absolute atomic E-state index is 0.0963. The Labute approximate surface area is 190 Å². The van der Waals surface area contributed by atoms with Gasteiger partial charge in [0.15, 0.2) is 0 Å². The van der Waals surface area contributed by atoms with E-state index in [1.165, 1.54) is 48.3 Å². The molecule has 0 bridgehead atoms. The lowest BCUT2D eigenvalue weighted by Crippen LogP contribution is -2.49. The summed E-state index contributed by atoms with van der Waals surface area (Å²) in [5.41, 5.74) is 2.08. The van der Waals surface area contributed by atoms with Crippen molar-refractivity contribution in [2.45, 2.75) is 56.4 Å². The molecule has 1 N–H and O–H groups in total. The van der Waals surface area contributed by atoms with Crippen LogP contribution in [0.4, 0.5) is 0 Å². The average molecular weight is 438 g/mol. The standard InChI is InChI=1S/C26H35N3O3/c1-28-18-20(6-11-24(28)30)25(31)27-22-12-16-29(17-13-22)19-26(14-4-3-5-15-26)21-7-9-23(32-2)10-8-21/h6-11,18,22H,3-5,12-17,19H2,1-2H3,(H,27,31). The van der Waals surface area contributed by atoms with Gasteiger partial charge in [0.1, 0.15) is 5.75 Å². The Morgan fingerprint density at radius 1 is 1.06 bits per heavy atom. The predicted octanol–water partition coefficient (Wildman–Crippen LogP) is 3.49. The largest absolute Gasteiger partial charge is 0.497 e. The zero-order valence-electron chi connectivity index (χ0n) is 19.3. The first-order valence-corrected chi connectivity index (χ1v) is 11.8. The average Bonchev–Trinajstić information content (AvgIpc) is 2.82. The van der Waals surface area contributed by atoms with E-state index < -0.39 is 0 Å². The van der Waals surface area contributed by atoms with Crippen molar-refractivity contribution in [1.29, 1.82) is 0 Å². The molecule has 1 aromatic heterocycles. The molecule has 1 aliphatic heterocycles. The summed E-state index contributed by atoms with van der Waals surface area (Å²) in [5.74, 6) is 0.816. The smallest absolute Gasteiger partial charge is 0.252 e. The summed E-state index contributed by atoms with van der Waals surface area (Å²) in [5, 5.41) is 3.17. The third-order valence-electron chi connectivity index (χ3n) is 7.31. The van der Waals surface area contributed by atoms with E-state index in [-0.39, 0.29) is 22.9 Å². The van der Waals surface area contributed by atoms with Gasteiger partial charge in [-0.25, -0.2) is 0 Å². The molecule has 1 aliphatic carbocycles. The van der Waals surface area contributed by atoms with Crippen molar-refractivity contribution in [3.05, 3.63) is 64.1 Å². The highest BCUT2D eigenvalue weighted by Crippen LogP contribution is 2.41. The van der Waals surface area contributed by atoms with Crippen molar-refractivity contribution in [2.75, 3.05) is 26.7 Å². The number of carbonyl (C=O) groups excluding carboxylic acids is 1. The second-order valence-corrected chi connectivity index (χ2v) is 9.46. The van der Waals surface area contributed by atoms with Crippen molar-refractivity contribution in [3.8, 4) is 5.75 Å². The molecule has 2 fully saturated rings. The number of amides is 1. The molecule has 1 saturated heterocycles. The summed E-state index contributed by atoms with van der Waals surface area (Å²) < 4.78 is 6.81. The molecular formula is C26H35N3O3. The van der Waals surface area contributed by atoms with Crippen LogP contribution in [-0.2, 0) is 12.5 Å². The molecule has 2 aromatic rings. The number of nitrogens with zero attached hydrogens (tertiary/aromatic N) is 2. The maximum Gasteiger partial charge on any atom is 0.252 e. The number of benzene rings is 1. The molecule has 6 heteroatoms. The van der Waals surface area contributed by atoms with Gasteiger partial charge in [0.25, 0.3) is 5.91 Å². The van der Waals surface area contributed by atoms with Gasteiger partial charge in [-0.2, -0.15) is 0 Å². The van der Waals surface area contributed by atoms with Crippen LogP contribution in [0.25, 0.3) is 0 Å². The lowest BCUT2D eigenvalue weighted by molar-refractivity contribution is 0.0890. The van der Waals surface area contributed by atoms with Crippen LogP contribution >= 0.6 is 0 Å². The van der Waals surface area contributed by atoms with Gasteiger partial charge in [0.05, 0.1) is 12.7 Å². The summed E-state index contributed by atoms with van der Waals surface area (Å²) >= 11 is 0. The number of methoxy groups -OCH3 is 1. The van der Waals surface area contributed by atoms with Crippen molar-refractivity contribution < 1.29 is 9.53 Å². The van der Waals surface area contributed by atoms with Crippen LogP contribution in [-0.4, -0.2) is 48.2 Å². The number of rotatable bonds is 6. The maximum absolute atomic E-state index is 12.6. The van der Waals surface area contributed by atoms with E-state index >= 15 is 0 Å². The van der Waals surface area contributed by atoms with Crippen molar-refractivity contribution in [2.24, 2.45) is 7.05 Å². The number of aromatic nitrogens is 1. The molecule has 1 aromatic carbocycles. The first-order chi connectivity index (χ1) is 15.5. The van der Waals surface area contributed by atoms with Crippen LogP contribution in [0.2, 0.25) is 0 Å². The number of piperidine rings is 1. The predicted molar refractivity (Wildman–Crippen MR) is 126 cm³/mol. The molecule has 0 atom stereocenters. The van der Waals surface area contributed by atoms with Crippen LogP contribution in [0.5, 0.6) is 5.75 Å². The van der Waals surface area contributed by atoms with Gasteiger partial charge >= 0.3 is 0 Å². The summed E-state index contributed by atoms with van der Waals surface area (Å²) in [4.78, 5) is 26.8. The summed E-state index contributed by atoms with van der Waals surface area (Å²) in [6.45, 7) is 3.08. The van der Waals surface area contributed by atoms with Crippen LogP contribution in [0.15, 0.2) is 47.4 Å². The molecule has 4 rings (SSSR count). The quantitative estimate of drug-likeness (QED) is 0.751. The molecule has 0 spiro atoms. The third-order valence-corrected chi connectivity index (χ3v) is 7.31.